The molecule has 1 heterocycles. The van der Waals surface area contributed by atoms with Crippen molar-refractivity contribution in [3.8, 4) is 0 Å². The molecule has 0 spiro atoms. The van der Waals surface area contributed by atoms with E-state index in [0.717, 1.165) is 0 Å². The average molecular weight is 467 g/mol. The maximum Gasteiger partial charge on any atom is 0.420 e. The third-order valence-electron chi connectivity index (χ3n) is 4.63. The van der Waals surface area contributed by atoms with E-state index in [1.807, 2.05) is 0 Å². The number of aromatic nitrogens is 1. The van der Waals surface area contributed by atoms with Gasteiger partial charge in [-0.1, -0.05) is 12.6 Å². The molecule has 0 fully saturated rings. The molecule has 2 unspecified atom stereocenters. The van der Waals surface area contributed by atoms with Crippen LogP contribution in [0.3, 0.4) is 0 Å². The van der Waals surface area contributed by atoms with Crippen LogP contribution in [-0.2, 0) is 25.5 Å². The second-order valence-electron chi connectivity index (χ2n) is 7.64. The number of hydrogen-bond acceptors (Lipinski definition) is 6. The molecular weight excluding hydrogens is 441 g/mol. The topological polar surface area (TPSA) is 104 Å². The number of hydrogen-bond donors (Lipinski definition) is 2. The molecular formula is C20H26F5N3O4. The highest BCUT2D eigenvalue weighted by molar-refractivity contribution is 5.92. The SMILES string of the molecule is C=C(C)C(F)(F)C(OCC(=O)C(Cc1ccc(N)nc1)NC(=O)C(C)(C)OC)C(F)(F)F. The van der Waals surface area contributed by atoms with Gasteiger partial charge in [0.2, 0.25) is 6.10 Å². The summed E-state index contributed by atoms with van der Waals surface area (Å²) >= 11 is 0. The summed E-state index contributed by atoms with van der Waals surface area (Å²) in [6, 6.07) is 1.50. The van der Waals surface area contributed by atoms with Gasteiger partial charge in [0.25, 0.3) is 5.91 Å². The van der Waals surface area contributed by atoms with Crippen LogP contribution in [0.5, 0.6) is 0 Å². The van der Waals surface area contributed by atoms with E-state index >= 15 is 0 Å². The summed E-state index contributed by atoms with van der Waals surface area (Å²) in [6.45, 7) is 5.04. The number of ether oxygens (including phenoxy) is 2. The number of carbonyl (C=O) groups is 2. The molecule has 0 bridgehead atoms. The summed E-state index contributed by atoms with van der Waals surface area (Å²) in [5.74, 6) is -6.09. The standard InChI is InChI=1S/C20H26F5N3O4/c1-11(2)19(21,22)16(20(23,24)25)32-10-14(29)13(28-17(30)18(3,4)31-5)8-12-6-7-15(26)27-9-12/h6-7,9,13,16H,1,8,10H2,2-5H3,(H2,26,27)(H,28,30). The van der Waals surface area contributed by atoms with Crippen molar-refractivity contribution in [2.45, 2.75) is 57.0 Å². The number of Topliss-reactive ketones (excluding diaryl/α,β-unsaturated/α-hetero) is 1. The monoisotopic (exact) mass is 467 g/mol. The first-order valence-corrected chi connectivity index (χ1v) is 9.33. The van der Waals surface area contributed by atoms with E-state index in [4.69, 9.17) is 10.5 Å². The van der Waals surface area contributed by atoms with Crippen molar-refractivity contribution in [2.24, 2.45) is 0 Å². The number of amides is 1. The largest absolute Gasteiger partial charge is 0.420 e. The first-order valence-electron chi connectivity index (χ1n) is 9.33. The van der Waals surface area contributed by atoms with Crippen LogP contribution in [0.2, 0.25) is 0 Å². The van der Waals surface area contributed by atoms with Crippen LogP contribution in [0.25, 0.3) is 0 Å². The lowest BCUT2D eigenvalue weighted by Crippen LogP contribution is -2.53. The Kier molecular flexibility index (Phi) is 8.87. The fourth-order valence-corrected chi connectivity index (χ4v) is 2.36. The van der Waals surface area contributed by atoms with Gasteiger partial charge in [-0.3, -0.25) is 9.59 Å². The lowest BCUT2D eigenvalue weighted by Gasteiger charge is -2.30. The minimum atomic E-state index is -5.47. The Hall–Kier alpha value is -2.60. The molecule has 0 aliphatic carbocycles. The second kappa shape index (κ2) is 10.3. The van der Waals surface area contributed by atoms with E-state index in [9.17, 15) is 31.5 Å². The van der Waals surface area contributed by atoms with Crippen molar-refractivity contribution >= 4 is 17.5 Å². The van der Waals surface area contributed by atoms with E-state index in [-0.39, 0.29) is 12.2 Å². The summed E-state index contributed by atoms with van der Waals surface area (Å²) in [5.41, 5.74) is 3.45. The highest BCUT2D eigenvalue weighted by Crippen LogP contribution is 2.38. The van der Waals surface area contributed by atoms with Gasteiger partial charge in [-0.05, 0) is 38.0 Å². The lowest BCUT2D eigenvalue weighted by atomic mass is 10.0. The maximum atomic E-state index is 14.0. The van der Waals surface area contributed by atoms with E-state index in [1.54, 1.807) is 0 Å². The number of rotatable bonds is 11. The minimum Gasteiger partial charge on any atom is -0.384 e. The molecule has 32 heavy (non-hydrogen) atoms. The summed E-state index contributed by atoms with van der Waals surface area (Å²) in [6.07, 6.45) is -7.95. The van der Waals surface area contributed by atoms with Gasteiger partial charge >= 0.3 is 12.1 Å². The fourth-order valence-electron chi connectivity index (χ4n) is 2.36. The van der Waals surface area contributed by atoms with Crippen molar-refractivity contribution in [1.29, 1.82) is 0 Å². The number of halogens is 5. The predicted octanol–water partition coefficient (Wildman–Crippen LogP) is 2.84. The number of nitrogen functional groups attached to an aromatic ring is 1. The van der Waals surface area contributed by atoms with E-state index in [2.05, 4.69) is 21.6 Å². The van der Waals surface area contributed by atoms with Crippen LogP contribution < -0.4 is 11.1 Å². The first-order chi connectivity index (χ1) is 14.5. The number of nitrogens with zero attached hydrogens (tertiary/aromatic N) is 1. The summed E-state index contributed by atoms with van der Waals surface area (Å²) in [7, 11) is 1.25. The van der Waals surface area contributed by atoms with Crippen LogP contribution in [0.1, 0.15) is 26.3 Å². The zero-order valence-corrected chi connectivity index (χ0v) is 18.1. The highest BCUT2D eigenvalue weighted by atomic mass is 19.4. The third-order valence-corrected chi connectivity index (χ3v) is 4.63. The van der Waals surface area contributed by atoms with Gasteiger partial charge in [0.1, 0.15) is 18.0 Å². The Morgan fingerprint density at radius 1 is 1.22 bits per heavy atom. The zero-order chi connectivity index (χ0) is 24.9. The molecule has 1 amide bonds. The first kappa shape index (κ1) is 27.4. The number of nitrogens with two attached hydrogens (primary N) is 1. The minimum absolute atomic E-state index is 0.180. The highest BCUT2D eigenvalue weighted by Gasteiger charge is 2.57. The Bertz CT molecular complexity index is 826. The molecule has 180 valence electrons. The van der Waals surface area contributed by atoms with Crippen LogP contribution in [-0.4, -0.2) is 60.2 Å². The molecule has 0 aliphatic rings. The number of anilines is 1. The molecule has 0 saturated carbocycles. The molecule has 1 rings (SSSR count). The van der Waals surface area contributed by atoms with E-state index in [1.165, 1.54) is 39.3 Å². The predicted molar refractivity (Wildman–Crippen MR) is 106 cm³/mol. The smallest absolute Gasteiger partial charge is 0.384 e. The number of carbonyl (C=O) groups excluding carboxylic acids is 2. The lowest BCUT2D eigenvalue weighted by molar-refractivity contribution is -0.273. The Morgan fingerprint density at radius 3 is 2.25 bits per heavy atom. The molecule has 0 aromatic carbocycles. The molecule has 3 N–H and O–H groups in total. The van der Waals surface area contributed by atoms with Crippen LogP contribution >= 0.6 is 0 Å². The quantitative estimate of drug-likeness (QED) is 0.383. The third kappa shape index (κ3) is 7.23. The molecule has 2 atom stereocenters. The van der Waals surface area contributed by atoms with Gasteiger partial charge < -0.3 is 20.5 Å². The zero-order valence-electron chi connectivity index (χ0n) is 18.1. The number of nitrogens with one attached hydrogen (secondary N) is 1. The fraction of sp³-hybridized carbons (Fsp3) is 0.550. The van der Waals surface area contributed by atoms with Crippen LogP contribution in [0.15, 0.2) is 30.5 Å². The Balaban J connectivity index is 3.11. The number of alkyl halides is 5. The van der Waals surface area contributed by atoms with Gasteiger partial charge in [0, 0.05) is 19.7 Å². The molecule has 1 aromatic rings. The summed E-state index contributed by atoms with van der Waals surface area (Å²) in [4.78, 5) is 28.9. The van der Waals surface area contributed by atoms with Crippen LogP contribution in [0.4, 0.5) is 27.8 Å². The van der Waals surface area contributed by atoms with Crippen molar-refractivity contribution in [3.63, 3.8) is 0 Å². The van der Waals surface area contributed by atoms with Crippen molar-refractivity contribution in [2.75, 3.05) is 19.5 Å². The van der Waals surface area contributed by atoms with E-state index < -0.39 is 53.7 Å². The van der Waals surface area contributed by atoms with Gasteiger partial charge in [0.15, 0.2) is 5.78 Å². The Labute approximate surface area is 182 Å². The number of pyridine rings is 1. The normalized spacial score (nSPS) is 14.5. The van der Waals surface area contributed by atoms with Crippen LogP contribution in [0, 0.1) is 0 Å². The maximum absolute atomic E-state index is 14.0. The van der Waals surface area contributed by atoms with Gasteiger partial charge in [-0.15, -0.1) is 0 Å². The molecule has 12 heteroatoms. The summed E-state index contributed by atoms with van der Waals surface area (Å²) in [5, 5.41) is 2.36. The summed E-state index contributed by atoms with van der Waals surface area (Å²) < 4.78 is 76.8. The molecule has 0 aliphatic heterocycles. The van der Waals surface area contributed by atoms with E-state index in [0.29, 0.717) is 12.5 Å². The molecule has 0 radical (unpaired) electrons. The molecule has 7 nitrogen and oxygen atoms in total. The van der Waals surface area contributed by atoms with Crippen molar-refractivity contribution in [3.05, 3.63) is 36.0 Å². The molecule has 0 saturated heterocycles. The Morgan fingerprint density at radius 2 is 1.81 bits per heavy atom. The average Bonchev–Trinajstić information content (AvgIpc) is 2.67. The van der Waals surface area contributed by atoms with Gasteiger partial charge in [0.05, 0.1) is 6.04 Å². The second-order valence-corrected chi connectivity index (χ2v) is 7.64. The number of methoxy groups -OCH3 is 1. The number of ketones is 1. The van der Waals surface area contributed by atoms with Gasteiger partial charge in [-0.25, -0.2) is 4.98 Å². The van der Waals surface area contributed by atoms with Crippen molar-refractivity contribution < 1.29 is 41.0 Å². The van der Waals surface area contributed by atoms with Crippen molar-refractivity contribution in [1.82, 2.24) is 10.3 Å². The molecule has 1 aromatic heterocycles. The van der Waals surface area contributed by atoms with Gasteiger partial charge in [-0.2, -0.15) is 22.0 Å².